The van der Waals surface area contributed by atoms with Crippen LogP contribution in [0.2, 0.25) is 0 Å². The second-order valence-corrected chi connectivity index (χ2v) is 8.27. The van der Waals surface area contributed by atoms with Crippen LogP contribution in [0, 0.1) is 0 Å². The predicted molar refractivity (Wildman–Crippen MR) is 133 cm³/mol. The third-order valence-electron chi connectivity index (χ3n) is 5.61. The van der Waals surface area contributed by atoms with Crippen molar-refractivity contribution in [3.8, 4) is 0 Å². The number of hydrogen-bond acceptors (Lipinski definition) is 4. The Bertz CT molecular complexity index is 1030. The minimum atomic E-state index is -0.112. The van der Waals surface area contributed by atoms with E-state index in [0.717, 1.165) is 34.1 Å². The summed E-state index contributed by atoms with van der Waals surface area (Å²) in [6.45, 7) is 4.50. The van der Waals surface area contributed by atoms with Crippen molar-refractivity contribution in [2.24, 2.45) is 0 Å². The van der Waals surface area contributed by atoms with E-state index >= 15 is 0 Å². The zero-order chi connectivity index (χ0) is 21.8. The molecule has 4 nitrogen and oxygen atoms in total. The highest BCUT2D eigenvalue weighted by atomic mass is 14.9. The molecule has 0 aliphatic heterocycles. The molecule has 4 heteroatoms. The SMILES string of the molecule is CC(C)(c1ccc(Nc2ccc(N)cc2)cc1)c1ccc(Nc2ccc(N)cc2)cc1. The lowest BCUT2D eigenvalue weighted by Gasteiger charge is -2.26. The molecule has 6 N–H and O–H groups in total. The zero-order valence-corrected chi connectivity index (χ0v) is 17.9. The van der Waals surface area contributed by atoms with Gasteiger partial charge in [0.2, 0.25) is 0 Å². The Hall–Kier alpha value is -3.92. The highest BCUT2D eigenvalue weighted by molar-refractivity contribution is 5.64. The van der Waals surface area contributed by atoms with Gasteiger partial charge in [-0.15, -0.1) is 0 Å². The van der Waals surface area contributed by atoms with E-state index in [4.69, 9.17) is 11.5 Å². The Morgan fingerprint density at radius 1 is 0.452 bits per heavy atom. The summed E-state index contributed by atoms with van der Waals surface area (Å²) in [6.07, 6.45) is 0. The van der Waals surface area contributed by atoms with Gasteiger partial charge >= 0.3 is 0 Å². The van der Waals surface area contributed by atoms with Gasteiger partial charge in [-0.2, -0.15) is 0 Å². The van der Waals surface area contributed by atoms with Crippen molar-refractivity contribution in [3.05, 3.63) is 108 Å². The number of nitrogen functional groups attached to an aromatic ring is 2. The van der Waals surface area contributed by atoms with Crippen molar-refractivity contribution >= 4 is 34.1 Å². The van der Waals surface area contributed by atoms with Crippen LogP contribution in [0.3, 0.4) is 0 Å². The summed E-state index contributed by atoms with van der Waals surface area (Å²) in [4.78, 5) is 0. The summed E-state index contributed by atoms with van der Waals surface area (Å²) in [7, 11) is 0. The van der Waals surface area contributed by atoms with E-state index in [1.807, 2.05) is 48.5 Å². The number of nitrogens with two attached hydrogens (primary N) is 2. The van der Waals surface area contributed by atoms with Crippen LogP contribution < -0.4 is 22.1 Å². The first-order valence-electron chi connectivity index (χ1n) is 10.4. The third kappa shape index (κ3) is 4.81. The number of benzene rings is 4. The molecular weight excluding hydrogens is 380 g/mol. The molecule has 0 saturated carbocycles. The van der Waals surface area contributed by atoms with Crippen molar-refractivity contribution in [1.29, 1.82) is 0 Å². The molecule has 0 aromatic heterocycles. The minimum Gasteiger partial charge on any atom is -0.399 e. The van der Waals surface area contributed by atoms with Crippen molar-refractivity contribution in [2.75, 3.05) is 22.1 Å². The molecule has 0 aliphatic carbocycles. The Balaban J connectivity index is 1.46. The van der Waals surface area contributed by atoms with Crippen molar-refractivity contribution in [1.82, 2.24) is 0 Å². The lowest BCUT2D eigenvalue weighted by molar-refractivity contribution is 0.641. The molecule has 0 spiro atoms. The van der Waals surface area contributed by atoms with Gasteiger partial charge in [-0.3, -0.25) is 0 Å². The van der Waals surface area contributed by atoms with Gasteiger partial charge in [-0.05, 0) is 83.9 Å². The largest absolute Gasteiger partial charge is 0.399 e. The molecule has 31 heavy (non-hydrogen) atoms. The normalized spacial score (nSPS) is 11.2. The fourth-order valence-corrected chi connectivity index (χ4v) is 3.57. The Morgan fingerprint density at radius 2 is 0.710 bits per heavy atom. The van der Waals surface area contributed by atoms with Crippen molar-refractivity contribution < 1.29 is 0 Å². The van der Waals surface area contributed by atoms with Gasteiger partial charge in [0.15, 0.2) is 0 Å². The average molecular weight is 409 g/mol. The number of anilines is 6. The van der Waals surface area contributed by atoms with Gasteiger partial charge in [-0.25, -0.2) is 0 Å². The molecule has 0 heterocycles. The smallest absolute Gasteiger partial charge is 0.0385 e. The van der Waals surface area contributed by atoms with Crippen LogP contribution in [-0.4, -0.2) is 0 Å². The Kier molecular flexibility index (Phi) is 5.54. The van der Waals surface area contributed by atoms with Crippen LogP contribution in [0.4, 0.5) is 34.1 Å². The minimum absolute atomic E-state index is 0.112. The molecule has 0 bridgehead atoms. The van der Waals surface area contributed by atoms with Gasteiger partial charge in [0.1, 0.15) is 0 Å². The molecule has 0 fully saturated rings. The van der Waals surface area contributed by atoms with Crippen molar-refractivity contribution in [2.45, 2.75) is 19.3 Å². The number of rotatable bonds is 6. The first-order chi connectivity index (χ1) is 14.9. The predicted octanol–water partition coefficient (Wildman–Crippen LogP) is 6.66. The summed E-state index contributed by atoms with van der Waals surface area (Å²) < 4.78 is 0. The third-order valence-corrected chi connectivity index (χ3v) is 5.61. The van der Waals surface area contributed by atoms with Gasteiger partial charge in [-0.1, -0.05) is 38.1 Å². The summed E-state index contributed by atoms with van der Waals surface area (Å²) >= 11 is 0. The molecule has 4 rings (SSSR count). The van der Waals surface area contributed by atoms with E-state index in [2.05, 4.69) is 73.0 Å². The fraction of sp³-hybridized carbons (Fsp3) is 0.111. The topological polar surface area (TPSA) is 76.1 Å². The first-order valence-corrected chi connectivity index (χ1v) is 10.4. The summed E-state index contributed by atoms with van der Waals surface area (Å²) in [5.74, 6) is 0. The molecule has 0 radical (unpaired) electrons. The fourth-order valence-electron chi connectivity index (χ4n) is 3.57. The van der Waals surface area contributed by atoms with E-state index in [0.29, 0.717) is 0 Å². The highest BCUT2D eigenvalue weighted by Gasteiger charge is 2.23. The van der Waals surface area contributed by atoms with Gasteiger partial charge in [0.25, 0.3) is 0 Å². The quantitative estimate of drug-likeness (QED) is 0.269. The summed E-state index contributed by atoms with van der Waals surface area (Å²) in [6, 6.07) is 32.7. The summed E-state index contributed by atoms with van der Waals surface area (Å²) in [5.41, 5.74) is 19.6. The second-order valence-electron chi connectivity index (χ2n) is 8.27. The zero-order valence-electron chi connectivity index (χ0n) is 17.9. The lowest BCUT2D eigenvalue weighted by Crippen LogP contribution is -2.18. The van der Waals surface area contributed by atoms with E-state index in [9.17, 15) is 0 Å². The molecule has 156 valence electrons. The van der Waals surface area contributed by atoms with E-state index in [-0.39, 0.29) is 5.41 Å². The first kappa shape index (κ1) is 20.4. The van der Waals surface area contributed by atoms with E-state index < -0.39 is 0 Å². The van der Waals surface area contributed by atoms with E-state index in [1.165, 1.54) is 11.1 Å². The molecule has 0 saturated heterocycles. The monoisotopic (exact) mass is 408 g/mol. The number of hydrogen-bond donors (Lipinski definition) is 4. The van der Waals surface area contributed by atoms with Gasteiger partial charge in [0.05, 0.1) is 0 Å². The van der Waals surface area contributed by atoms with Gasteiger partial charge in [0, 0.05) is 39.5 Å². The molecule has 4 aromatic rings. The van der Waals surface area contributed by atoms with Crippen LogP contribution in [-0.2, 0) is 5.41 Å². The molecule has 0 atom stereocenters. The van der Waals surface area contributed by atoms with Crippen molar-refractivity contribution in [3.63, 3.8) is 0 Å². The summed E-state index contributed by atoms with van der Waals surface area (Å²) in [5, 5.41) is 6.82. The lowest BCUT2D eigenvalue weighted by atomic mass is 9.78. The molecular formula is C27H28N4. The van der Waals surface area contributed by atoms with Crippen LogP contribution in [0.25, 0.3) is 0 Å². The van der Waals surface area contributed by atoms with Crippen LogP contribution >= 0.6 is 0 Å². The Labute approximate surface area is 183 Å². The van der Waals surface area contributed by atoms with Crippen LogP contribution in [0.15, 0.2) is 97.1 Å². The van der Waals surface area contributed by atoms with E-state index in [1.54, 1.807) is 0 Å². The molecule has 0 aliphatic rings. The average Bonchev–Trinajstić information content (AvgIpc) is 2.78. The van der Waals surface area contributed by atoms with Gasteiger partial charge < -0.3 is 22.1 Å². The molecule has 0 unspecified atom stereocenters. The van der Waals surface area contributed by atoms with Crippen LogP contribution in [0.1, 0.15) is 25.0 Å². The maximum absolute atomic E-state index is 5.76. The van der Waals surface area contributed by atoms with Crippen LogP contribution in [0.5, 0.6) is 0 Å². The number of nitrogens with one attached hydrogen (secondary N) is 2. The molecule has 4 aromatic carbocycles. The Morgan fingerprint density at radius 3 is 1.00 bits per heavy atom. The molecule has 0 amide bonds. The second kappa shape index (κ2) is 8.44. The standard InChI is InChI=1S/C27H28N4/c1-27(2,19-3-11-23(12-4-19)30-25-15-7-21(28)8-16-25)20-5-13-24(14-6-20)31-26-17-9-22(29)10-18-26/h3-18,30-31H,28-29H2,1-2H3. The maximum atomic E-state index is 5.76. The highest BCUT2D eigenvalue weighted by Crippen LogP contribution is 2.33. The maximum Gasteiger partial charge on any atom is 0.0385 e.